The van der Waals surface area contributed by atoms with Gasteiger partial charge in [-0.05, 0) is 26.0 Å². The Morgan fingerprint density at radius 2 is 1.96 bits per heavy atom. The molecule has 0 saturated carbocycles. The maximum atomic E-state index is 12.8. The van der Waals surface area contributed by atoms with E-state index in [4.69, 9.17) is 0 Å². The number of aromatic nitrogens is 2. The fraction of sp³-hybridized carbons (Fsp3) is 0.706. The topological polar surface area (TPSA) is 86.7 Å². The molecule has 1 atom stereocenters. The summed E-state index contributed by atoms with van der Waals surface area (Å²) in [6.45, 7) is 8.61. The molecule has 0 aliphatic carbocycles. The smallest absolute Gasteiger partial charge is 0.272 e. The monoisotopic (exact) mass is 381 g/mol. The van der Waals surface area contributed by atoms with Gasteiger partial charge >= 0.3 is 0 Å². The van der Waals surface area contributed by atoms with Gasteiger partial charge in [-0.15, -0.1) is 0 Å². The Kier molecular flexibility index (Phi) is 5.47. The van der Waals surface area contributed by atoms with Gasteiger partial charge in [-0.2, -0.15) is 0 Å². The second-order valence-corrected chi connectivity index (χ2v) is 9.32. The maximum Gasteiger partial charge on any atom is 0.272 e. The third kappa shape index (κ3) is 4.15. The van der Waals surface area contributed by atoms with Crippen LogP contribution in [0.25, 0.3) is 0 Å². The number of piperazine rings is 1. The van der Waals surface area contributed by atoms with Crippen LogP contribution < -0.4 is 4.90 Å². The minimum atomic E-state index is -3.04. The van der Waals surface area contributed by atoms with Crippen LogP contribution in [0.4, 0.5) is 5.95 Å². The van der Waals surface area contributed by atoms with Crippen molar-refractivity contribution in [3.63, 3.8) is 0 Å². The van der Waals surface area contributed by atoms with Crippen molar-refractivity contribution in [2.24, 2.45) is 0 Å². The highest BCUT2D eigenvalue weighted by atomic mass is 32.2. The Labute approximate surface area is 155 Å². The molecule has 1 aromatic heterocycles. The zero-order valence-electron chi connectivity index (χ0n) is 15.7. The van der Waals surface area contributed by atoms with Gasteiger partial charge in [-0.25, -0.2) is 18.4 Å². The number of likely N-dealkylation sites (N-methyl/N-ethyl adjacent to an activating group) is 1. The van der Waals surface area contributed by atoms with Gasteiger partial charge in [0.25, 0.3) is 5.91 Å². The van der Waals surface area contributed by atoms with E-state index in [1.54, 1.807) is 13.1 Å². The number of rotatable bonds is 4. The number of sulfone groups is 1. The Hall–Kier alpha value is -1.74. The van der Waals surface area contributed by atoms with Gasteiger partial charge in [0.2, 0.25) is 5.95 Å². The molecule has 2 fully saturated rings. The Balaban J connectivity index is 1.76. The number of hydrogen-bond donors (Lipinski definition) is 0. The summed E-state index contributed by atoms with van der Waals surface area (Å²) in [5, 5.41) is 0. The van der Waals surface area contributed by atoms with Crippen molar-refractivity contribution in [1.82, 2.24) is 19.8 Å². The van der Waals surface area contributed by atoms with E-state index in [9.17, 15) is 13.2 Å². The van der Waals surface area contributed by atoms with Crippen LogP contribution in [-0.2, 0) is 9.84 Å². The largest absolute Gasteiger partial charge is 0.338 e. The molecule has 3 heterocycles. The lowest BCUT2D eigenvalue weighted by Crippen LogP contribution is -2.47. The number of anilines is 1. The second kappa shape index (κ2) is 7.48. The van der Waals surface area contributed by atoms with Crippen LogP contribution in [0.5, 0.6) is 0 Å². The molecule has 0 spiro atoms. The van der Waals surface area contributed by atoms with Gasteiger partial charge in [-0.1, -0.05) is 6.92 Å². The van der Waals surface area contributed by atoms with Crippen LogP contribution >= 0.6 is 0 Å². The van der Waals surface area contributed by atoms with Gasteiger partial charge in [0.05, 0.1) is 11.5 Å². The summed E-state index contributed by atoms with van der Waals surface area (Å²) in [4.78, 5) is 27.8. The first-order valence-electron chi connectivity index (χ1n) is 9.09. The molecule has 8 nitrogen and oxygen atoms in total. The lowest BCUT2D eigenvalue weighted by molar-refractivity contribution is 0.0741. The van der Waals surface area contributed by atoms with Gasteiger partial charge in [-0.3, -0.25) is 4.79 Å². The normalized spacial score (nSPS) is 23.2. The van der Waals surface area contributed by atoms with Crippen LogP contribution in [0, 0.1) is 6.92 Å². The highest BCUT2D eigenvalue weighted by Gasteiger charge is 2.33. The van der Waals surface area contributed by atoms with Crippen molar-refractivity contribution in [1.29, 1.82) is 0 Å². The molecule has 1 amide bonds. The van der Waals surface area contributed by atoms with Crippen LogP contribution in [0.15, 0.2) is 6.07 Å². The molecule has 2 saturated heterocycles. The summed E-state index contributed by atoms with van der Waals surface area (Å²) >= 11 is 0. The summed E-state index contributed by atoms with van der Waals surface area (Å²) in [6.07, 6.45) is 0.487. The fourth-order valence-electron chi connectivity index (χ4n) is 3.50. The van der Waals surface area contributed by atoms with E-state index < -0.39 is 9.84 Å². The molecule has 0 bridgehead atoms. The standard InChI is InChI=1S/C17H27N5O3S/c1-4-21-6-8-22(9-7-21)17-18-13(2)11-15(19-17)16(23)20(3)14-5-10-26(24,25)12-14/h11,14H,4-10,12H2,1-3H3. The number of nitrogens with zero attached hydrogens (tertiary/aromatic N) is 5. The minimum absolute atomic E-state index is 0.0329. The molecule has 0 N–H and O–H groups in total. The van der Waals surface area contributed by atoms with Crippen LogP contribution in [0.2, 0.25) is 0 Å². The van der Waals surface area contributed by atoms with Gasteiger partial charge in [0, 0.05) is 45.0 Å². The highest BCUT2D eigenvalue weighted by Crippen LogP contribution is 2.19. The number of amides is 1. The number of carbonyl (C=O) groups excluding carboxylic acids is 1. The van der Waals surface area contributed by atoms with Crippen molar-refractivity contribution in [3.05, 3.63) is 17.5 Å². The third-order valence-corrected chi connectivity index (χ3v) is 6.99. The maximum absolute atomic E-state index is 12.8. The second-order valence-electron chi connectivity index (χ2n) is 7.09. The average molecular weight is 382 g/mol. The van der Waals surface area contributed by atoms with Gasteiger partial charge in [0.1, 0.15) is 5.69 Å². The quantitative estimate of drug-likeness (QED) is 0.736. The molecular weight excluding hydrogens is 354 g/mol. The molecule has 1 aromatic rings. The molecule has 26 heavy (non-hydrogen) atoms. The predicted molar refractivity (Wildman–Crippen MR) is 100 cm³/mol. The van der Waals surface area contributed by atoms with Gasteiger partial charge < -0.3 is 14.7 Å². The van der Waals surface area contributed by atoms with Crippen molar-refractivity contribution in [3.8, 4) is 0 Å². The highest BCUT2D eigenvalue weighted by molar-refractivity contribution is 7.91. The molecule has 9 heteroatoms. The molecule has 3 rings (SSSR count). The summed E-state index contributed by atoms with van der Waals surface area (Å²) in [5.41, 5.74) is 1.07. The van der Waals surface area contributed by atoms with Crippen LogP contribution in [0.3, 0.4) is 0 Å². The predicted octanol–water partition coefficient (Wildman–Crippen LogP) is 0.186. The Bertz CT molecular complexity index is 775. The van der Waals surface area contributed by atoms with Crippen LogP contribution in [-0.4, -0.2) is 91.4 Å². The summed E-state index contributed by atoms with van der Waals surface area (Å²) in [5.74, 6) is 0.513. The summed E-state index contributed by atoms with van der Waals surface area (Å²) in [6, 6.07) is 1.40. The number of carbonyl (C=O) groups is 1. The molecule has 0 radical (unpaired) electrons. The Morgan fingerprint density at radius 3 is 2.54 bits per heavy atom. The van der Waals surface area contributed by atoms with Crippen molar-refractivity contribution in [2.75, 3.05) is 56.2 Å². The first-order chi connectivity index (χ1) is 12.3. The molecule has 1 unspecified atom stereocenters. The molecule has 144 valence electrons. The van der Waals surface area contributed by atoms with E-state index >= 15 is 0 Å². The molecule has 0 aromatic carbocycles. The van der Waals surface area contributed by atoms with Crippen LogP contribution in [0.1, 0.15) is 29.5 Å². The van der Waals surface area contributed by atoms with E-state index in [0.717, 1.165) is 38.4 Å². The van der Waals surface area contributed by atoms with E-state index in [-0.39, 0.29) is 23.5 Å². The summed E-state index contributed by atoms with van der Waals surface area (Å²) < 4.78 is 23.4. The van der Waals surface area contributed by atoms with Crippen molar-refractivity contribution >= 4 is 21.7 Å². The Morgan fingerprint density at radius 1 is 1.27 bits per heavy atom. The third-order valence-electron chi connectivity index (χ3n) is 5.24. The lowest BCUT2D eigenvalue weighted by Gasteiger charge is -2.34. The first kappa shape index (κ1) is 19.0. The van der Waals surface area contributed by atoms with E-state index in [1.165, 1.54) is 4.90 Å². The first-order valence-corrected chi connectivity index (χ1v) is 10.9. The van der Waals surface area contributed by atoms with Crippen molar-refractivity contribution in [2.45, 2.75) is 26.3 Å². The lowest BCUT2D eigenvalue weighted by atomic mass is 10.2. The molecule has 2 aliphatic heterocycles. The van der Waals surface area contributed by atoms with Gasteiger partial charge in [0.15, 0.2) is 9.84 Å². The SMILES string of the molecule is CCN1CCN(c2nc(C)cc(C(=O)N(C)C3CCS(=O)(=O)C3)n2)CC1. The molecule has 2 aliphatic rings. The average Bonchev–Trinajstić information content (AvgIpc) is 3.00. The van der Waals surface area contributed by atoms with Crippen molar-refractivity contribution < 1.29 is 13.2 Å². The zero-order valence-corrected chi connectivity index (χ0v) is 16.5. The van der Waals surface area contributed by atoms with E-state index in [2.05, 4.69) is 26.7 Å². The number of hydrogen-bond acceptors (Lipinski definition) is 7. The van der Waals surface area contributed by atoms with E-state index in [0.29, 0.717) is 18.1 Å². The summed E-state index contributed by atoms with van der Waals surface area (Å²) in [7, 11) is -1.38. The zero-order chi connectivity index (χ0) is 18.9. The minimum Gasteiger partial charge on any atom is -0.338 e. The fourth-order valence-corrected chi connectivity index (χ4v) is 5.27. The number of aryl methyl sites for hydroxylation is 1. The van der Waals surface area contributed by atoms with E-state index in [1.807, 2.05) is 6.92 Å². The molecular formula is C17H27N5O3S.